The third-order valence-corrected chi connectivity index (χ3v) is 3.75. The summed E-state index contributed by atoms with van der Waals surface area (Å²) in [5.74, 6) is -0.0354. The number of carbonyl (C=O) groups is 1. The number of nitrogens with one attached hydrogen (secondary N) is 1. The molecule has 0 aliphatic heterocycles. The number of pyridine rings is 1. The average molecular weight is 324 g/mol. The topological polar surface area (TPSA) is 59.8 Å². The summed E-state index contributed by atoms with van der Waals surface area (Å²) in [4.78, 5) is 21.0. The summed E-state index contributed by atoms with van der Waals surface area (Å²) >= 11 is 0. The van der Waals surface area contributed by atoms with Crippen LogP contribution in [-0.4, -0.2) is 20.4 Å². The number of aryl methyl sites for hydroxylation is 2. The minimum absolute atomic E-state index is 0.292. The van der Waals surface area contributed by atoms with Crippen molar-refractivity contribution in [2.75, 3.05) is 0 Å². The highest BCUT2D eigenvalue weighted by Gasteiger charge is 2.22. The third-order valence-electron chi connectivity index (χ3n) is 3.75. The summed E-state index contributed by atoms with van der Waals surface area (Å²) in [5.41, 5.74) is 1.89. The number of carbonyl (C=O) groups excluding carboxylic acids is 1. The summed E-state index contributed by atoms with van der Waals surface area (Å²) in [6.45, 7) is 1.85. The molecule has 6 heteroatoms. The maximum atomic E-state index is 13.6. The van der Waals surface area contributed by atoms with Gasteiger partial charge in [0.2, 0.25) is 0 Å². The van der Waals surface area contributed by atoms with Crippen molar-refractivity contribution in [2.45, 2.75) is 13.0 Å². The van der Waals surface area contributed by atoms with E-state index in [-0.39, 0.29) is 11.7 Å². The van der Waals surface area contributed by atoms with Gasteiger partial charge in [0.25, 0.3) is 5.91 Å². The van der Waals surface area contributed by atoms with Gasteiger partial charge in [-0.3, -0.25) is 9.78 Å². The molecule has 1 aromatic carbocycles. The quantitative estimate of drug-likeness (QED) is 0.803. The van der Waals surface area contributed by atoms with Gasteiger partial charge in [-0.2, -0.15) is 0 Å². The monoisotopic (exact) mass is 324 g/mol. The molecule has 2 aromatic heterocycles. The van der Waals surface area contributed by atoms with E-state index < -0.39 is 6.04 Å². The first-order valence-electron chi connectivity index (χ1n) is 7.51. The molecule has 0 bridgehead atoms. The summed E-state index contributed by atoms with van der Waals surface area (Å²) in [5, 5.41) is 2.91. The predicted octanol–water partition coefficient (Wildman–Crippen LogP) is 2.78. The molecule has 1 unspecified atom stereocenters. The second kappa shape index (κ2) is 6.62. The Bertz CT molecular complexity index is 857. The van der Waals surface area contributed by atoms with Crippen molar-refractivity contribution in [1.82, 2.24) is 19.9 Å². The van der Waals surface area contributed by atoms with E-state index in [0.29, 0.717) is 17.0 Å². The smallest absolute Gasteiger partial charge is 0.253 e. The first-order chi connectivity index (χ1) is 11.5. The highest BCUT2D eigenvalue weighted by molar-refractivity contribution is 5.94. The molecule has 5 nitrogen and oxygen atoms in total. The van der Waals surface area contributed by atoms with Gasteiger partial charge in [-0.15, -0.1) is 0 Å². The highest BCUT2D eigenvalue weighted by atomic mass is 19.1. The molecule has 0 fully saturated rings. The number of benzene rings is 1. The molecule has 1 N–H and O–H groups in total. The normalized spacial score (nSPS) is 12.0. The van der Waals surface area contributed by atoms with Gasteiger partial charge in [0, 0.05) is 31.3 Å². The van der Waals surface area contributed by atoms with Crippen LogP contribution in [0.5, 0.6) is 0 Å². The molecular formula is C18H17FN4O. The van der Waals surface area contributed by atoms with Crippen molar-refractivity contribution in [3.63, 3.8) is 0 Å². The molecule has 0 aliphatic carbocycles. The summed E-state index contributed by atoms with van der Waals surface area (Å²) in [6, 6.07) is 9.05. The zero-order chi connectivity index (χ0) is 17.1. The van der Waals surface area contributed by atoms with Crippen LogP contribution in [0, 0.1) is 12.7 Å². The number of aromatic nitrogens is 3. The van der Waals surface area contributed by atoms with Crippen LogP contribution in [0.4, 0.5) is 4.39 Å². The van der Waals surface area contributed by atoms with Crippen molar-refractivity contribution < 1.29 is 9.18 Å². The molecule has 0 radical (unpaired) electrons. The second-order valence-electron chi connectivity index (χ2n) is 5.55. The molecule has 1 atom stereocenters. The first-order valence-corrected chi connectivity index (χ1v) is 7.51. The molecule has 0 saturated heterocycles. The Hall–Kier alpha value is -3.02. The van der Waals surface area contributed by atoms with Gasteiger partial charge in [0.15, 0.2) is 0 Å². The molecule has 0 saturated carbocycles. The van der Waals surface area contributed by atoms with E-state index in [2.05, 4.69) is 15.3 Å². The van der Waals surface area contributed by atoms with Gasteiger partial charge in [-0.25, -0.2) is 9.37 Å². The maximum Gasteiger partial charge on any atom is 0.253 e. The van der Waals surface area contributed by atoms with E-state index in [9.17, 15) is 9.18 Å². The minimum Gasteiger partial charge on any atom is -0.338 e. The Morgan fingerprint density at radius 2 is 2.08 bits per heavy atom. The largest absolute Gasteiger partial charge is 0.338 e. The lowest BCUT2D eigenvalue weighted by Crippen LogP contribution is -2.31. The molecule has 0 spiro atoms. The fraction of sp³-hybridized carbons (Fsp3) is 0.167. The Morgan fingerprint density at radius 1 is 1.25 bits per heavy atom. The second-order valence-corrected chi connectivity index (χ2v) is 5.55. The molecule has 2 heterocycles. The summed E-state index contributed by atoms with van der Waals surface area (Å²) < 4.78 is 15.4. The predicted molar refractivity (Wildman–Crippen MR) is 87.9 cm³/mol. The Morgan fingerprint density at radius 3 is 2.71 bits per heavy atom. The zero-order valence-electron chi connectivity index (χ0n) is 13.4. The van der Waals surface area contributed by atoms with Gasteiger partial charge < -0.3 is 9.88 Å². The Balaban J connectivity index is 1.95. The van der Waals surface area contributed by atoms with E-state index in [0.717, 1.165) is 5.69 Å². The van der Waals surface area contributed by atoms with Crippen LogP contribution in [0.15, 0.2) is 55.0 Å². The standard InChI is InChI=1S/C18H17FN4O/c1-12-6-7-14(11-21-12)18(24)22-16(17-20-8-9-23(17)2)13-4-3-5-15(19)10-13/h3-11,16H,1-2H3,(H,22,24). The number of hydrogen-bond acceptors (Lipinski definition) is 3. The molecule has 3 rings (SSSR count). The van der Waals surface area contributed by atoms with E-state index >= 15 is 0 Å². The van der Waals surface area contributed by atoms with E-state index in [1.165, 1.54) is 18.3 Å². The van der Waals surface area contributed by atoms with Gasteiger partial charge in [0.05, 0.1) is 5.56 Å². The van der Waals surface area contributed by atoms with Gasteiger partial charge in [-0.1, -0.05) is 12.1 Å². The highest BCUT2D eigenvalue weighted by Crippen LogP contribution is 2.21. The summed E-state index contributed by atoms with van der Waals surface area (Å²) in [7, 11) is 1.83. The number of halogens is 1. The fourth-order valence-corrected chi connectivity index (χ4v) is 2.45. The number of hydrogen-bond donors (Lipinski definition) is 1. The van der Waals surface area contributed by atoms with Gasteiger partial charge >= 0.3 is 0 Å². The van der Waals surface area contributed by atoms with Crippen molar-refractivity contribution in [3.05, 3.63) is 83.5 Å². The Labute approximate surface area is 139 Å². The van der Waals surface area contributed by atoms with E-state index in [4.69, 9.17) is 0 Å². The van der Waals surface area contributed by atoms with Crippen LogP contribution < -0.4 is 5.32 Å². The van der Waals surface area contributed by atoms with Crippen molar-refractivity contribution in [2.24, 2.45) is 7.05 Å². The number of nitrogens with zero attached hydrogens (tertiary/aromatic N) is 3. The molecule has 0 aliphatic rings. The van der Waals surface area contributed by atoms with E-state index in [1.54, 1.807) is 41.2 Å². The summed E-state index contributed by atoms with van der Waals surface area (Å²) in [6.07, 6.45) is 4.94. The number of imidazole rings is 1. The average Bonchev–Trinajstić information content (AvgIpc) is 2.99. The van der Waals surface area contributed by atoms with Crippen molar-refractivity contribution in [3.8, 4) is 0 Å². The molecule has 1 amide bonds. The lowest BCUT2D eigenvalue weighted by atomic mass is 10.1. The van der Waals surface area contributed by atoms with Crippen LogP contribution in [-0.2, 0) is 7.05 Å². The van der Waals surface area contributed by atoms with E-state index in [1.807, 2.05) is 14.0 Å². The van der Waals surface area contributed by atoms with Crippen molar-refractivity contribution in [1.29, 1.82) is 0 Å². The number of rotatable bonds is 4. The van der Waals surface area contributed by atoms with Gasteiger partial charge in [-0.05, 0) is 36.8 Å². The fourth-order valence-electron chi connectivity index (χ4n) is 2.45. The lowest BCUT2D eigenvalue weighted by Gasteiger charge is -2.19. The van der Waals surface area contributed by atoms with Crippen LogP contribution in [0.3, 0.4) is 0 Å². The van der Waals surface area contributed by atoms with Crippen LogP contribution in [0.2, 0.25) is 0 Å². The SMILES string of the molecule is Cc1ccc(C(=O)NC(c2cccc(F)c2)c2nccn2C)cn1. The lowest BCUT2D eigenvalue weighted by molar-refractivity contribution is 0.0940. The molecular weight excluding hydrogens is 307 g/mol. The zero-order valence-corrected chi connectivity index (χ0v) is 13.4. The number of amides is 1. The molecule has 24 heavy (non-hydrogen) atoms. The first kappa shape index (κ1) is 15.9. The molecule has 122 valence electrons. The maximum absolute atomic E-state index is 13.6. The van der Waals surface area contributed by atoms with Gasteiger partial charge in [0.1, 0.15) is 17.7 Å². The van der Waals surface area contributed by atoms with Crippen LogP contribution in [0.25, 0.3) is 0 Å². The minimum atomic E-state index is -0.561. The Kier molecular flexibility index (Phi) is 4.37. The van der Waals surface area contributed by atoms with Crippen molar-refractivity contribution >= 4 is 5.91 Å². The molecule has 3 aromatic rings. The third kappa shape index (κ3) is 3.32. The van der Waals surface area contributed by atoms with Crippen LogP contribution in [0.1, 0.15) is 33.5 Å². The van der Waals surface area contributed by atoms with Crippen LogP contribution >= 0.6 is 0 Å².